The lowest BCUT2D eigenvalue weighted by molar-refractivity contribution is -0.130. The van der Waals surface area contributed by atoms with Crippen molar-refractivity contribution in [1.82, 2.24) is 0 Å². The molecule has 1 aromatic carbocycles. The minimum absolute atomic E-state index is 0.335. The second-order valence-electron chi connectivity index (χ2n) is 10.6. The van der Waals surface area contributed by atoms with Gasteiger partial charge < -0.3 is 0 Å². The van der Waals surface area contributed by atoms with Crippen LogP contribution in [0.3, 0.4) is 0 Å². The number of ketones is 1. The van der Waals surface area contributed by atoms with Crippen molar-refractivity contribution in [3.8, 4) is 0 Å². The SMILES string of the molecule is C[C@@]12CCC[C@H]1[C@@H]1CC[C@H]3CC(=O)/C(=C\c4ccccc4)C[C@]3(C)[C@H]1CC2. The number of benzene rings is 1. The van der Waals surface area contributed by atoms with E-state index in [0.29, 0.717) is 22.5 Å². The molecule has 6 atom stereocenters. The van der Waals surface area contributed by atoms with E-state index in [9.17, 15) is 4.79 Å². The summed E-state index contributed by atoms with van der Waals surface area (Å²) in [7, 11) is 0. The van der Waals surface area contributed by atoms with Gasteiger partial charge in [-0.15, -0.1) is 0 Å². The van der Waals surface area contributed by atoms with E-state index in [4.69, 9.17) is 0 Å². The van der Waals surface area contributed by atoms with Gasteiger partial charge in [-0.3, -0.25) is 4.79 Å². The third kappa shape index (κ3) is 2.76. The van der Waals surface area contributed by atoms with E-state index < -0.39 is 0 Å². The minimum Gasteiger partial charge on any atom is -0.295 e. The number of allylic oxidation sites excluding steroid dienone is 1. The Morgan fingerprint density at radius 3 is 2.59 bits per heavy atom. The predicted octanol–water partition coefficient (Wildman–Crippen LogP) is 6.68. The summed E-state index contributed by atoms with van der Waals surface area (Å²) in [5.41, 5.74) is 3.24. The van der Waals surface area contributed by atoms with Gasteiger partial charge in [-0.05, 0) is 96.7 Å². The Morgan fingerprint density at radius 2 is 1.78 bits per heavy atom. The van der Waals surface area contributed by atoms with E-state index in [1.807, 2.05) is 0 Å². The van der Waals surface area contributed by atoms with Gasteiger partial charge >= 0.3 is 0 Å². The van der Waals surface area contributed by atoms with Crippen LogP contribution in [0, 0.1) is 34.5 Å². The van der Waals surface area contributed by atoms with Crippen molar-refractivity contribution in [2.45, 2.75) is 71.6 Å². The molecular weight excluding hydrogens is 328 g/mol. The lowest BCUT2D eigenvalue weighted by Gasteiger charge is -2.60. The van der Waals surface area contributed by atoms with Crippen LogP contribution in [0.2, 0.25) is 0 Å². The average molecular weight is 363 g/mol. The molecule has 27 heavy (non-hydrogen) atoms. The molecule has 0 aromatic heterocycles. The minimum atomic E-state index is 0.335. The van der Waals surface area contributed by atoms with Gasteiger partial charge in [0.15, 0.2) is 5.78 Å². The molecule has 1 aromatic rings. The summed E-state index contributed by atoms with van der Waals surface area (Å²) in [6.07, 6.45) is 13.9. The number of hydrogen-bond acceptors (Lipinski definition) is 1. The summed E-state index contributed by atoms with van der Waals surface area (Å²) >= 11 is 0. The quantitative estimate of drug-likeness (QED) is 0.509. The van der Waals surface area contributed by atoms with Crippen LogP contribution < -0.4 is 0 Å². The molecule has 4 fully saturated rings. The zero-order chi connectivity index (χ0) is 18.6. The van der Waals surface area contributed by atoms with Gasteiger partial charge in [-0.1, -0.05) is 50.6 Å². The molecule has 4 aliphatic carbocycles. The fourth-order valence-electron chi connectivity index (χ4n) is 7.88. The molecule has 4 saturated carbocycles. The highest BCUT2D eigenvalue weighted by atomic mass is 16.1. The van der Waals surface area contributed by atoms with Crippen molar-refractivity contribution in [3.05, 3.63) is 41.5 Å². The predicted molar refractivity (Wildman–Crippen MR) is 111 cm³/mol. The van der Waals surface area contributed by atoms with Gasteiger partial charge in [0.1, 0.15) is 0 Å². The Labute approximate surface area is 164 Å². The highest BCUT2D eigenvalue weighted by Gasteiger charge is 2.58. The number of hydrogen-bond donors (Lipinski definition) is 0. The summed E-state index contributed by atoms with van der Waals surface area (Å²) in [5, 5.41) is 0. The lowest BCUT2D eigenvalue weighted by atomic mass is 9.45. The third-order valence-electron chi connectivity index (χ3n) is 9.35. The lowest BCUT2D eigenvalue weighted by Crippen LogP contribution is -2.53. The van der Waals surface area contributed by atoms with Crippen molar-refractivity contribution in [2.24, 2.45) is 34.5 Å². The molecule has 0 aliphatic heterocycles. The van der Waals surface area contributed by atoms with Crippen LogP contribution in [0.5, 0.6) is 0 Å². The first kappa shape index (κ1) is 17.7. The molecule has 0 bridgehead atoms. The molecule has 1 heteroatoms. The van der Waals surface area contributed by atoms with E-state index in [2.05, 4.69) is 50.3 Å². The number of rotatable bonds is 1. The Bertz CT molecular complexity index is 762. The highest BCUT2D eigenvalue weighted by Crippen LogP contribution is 2.66. The fourth-order valence-corrected chi connectivity index (χ4v) is 7.88. The van der Waals surface area contributed by atoms with Crippen LogP contribution >= 0.6 is 0 Å². The zero-order valence-electron chi connectivity index (χ0n) is 17.0. The fraction of sp³-hybridized carbons (Fsp3) is 0.654. The maximum absolute atomic E-state index is 12.9. The van der Waals surface area contributed by atoms with Crippen LogP contribution in [-0.2, 0) is 4.79 Å². The van der Waals surface area contributed by atoms with Crippen molar-refractivity contribution in [2.75, 3.05) is 0 Å². The van der Waals surface area contributed by atoms with E-state index in [0.717, 1.165) is 36.2 Å². The molecule has 4 aliphatic rings. The first-order valence-corrected chi connectivity index (χ1v) is 11.3. The van der Waals surface area contributed by atoms with Gasteiger partial charge in [0.05, 0.1) is 0 Å². The van der Waals surface area contributed by atoms with Gasteiger partial charge in [-0.2, -0.15) is 0 Å². The summed E-state index contributed by atoms with van der Waals surface area (Å²) in [4.78, 5) is 12.9. The Balaban J connectivity index is 1.46. The number of carbonyl (C=O) groups is 1. The molecule has 0 radical (unpaired) electrons. The smallest absolute Gasteiger partial charge is 0.159 e. The maximum atomic E-state index is 12.9. The van der Waals surface area contributed by atoms with Crippen molar-refractivity contribution in [3.63, 3.8) is 0 Å². The summed E-state index contributed by atoms with van der Waals surface area (Å²) < 4.78 is 0. The monoisotopic (exact) mass is 362 g/mol. The molecule has 0 spiro atoms. The highest BCUT2D eigenvalue weighted by molar-refractivity contribution is 6.00. The van der Waals surface area contributed by atoms with Crippen LogP contribution in [0.4, 0.5) is 0 Å². The average Bonchev–Trinajstić information content (AvgIpc) is 3.05. The van der Waals surface area contributed by atoms with Crippen molar-refractivity contribution < 1.29 is 4.79 Å². The molecule has 5 rings (SSSR count). The molecule has 0 N–H and O–H groups in total. The molecule has 144 valence electrons. The molecule has 0 amide bonds. The topological polar surface area (TPSA) is 17.1 Å². The van der Waals surface area contributed by atoms with Gasteiger partial charge in [0.25, 0.3) is 0 Å². The van der Waals surface area contributed by atoms with Gasteiger partial charge in [0.2, 0.25) is 0 Å². The number of fused-ring (bicyclic) bond motifs is 5. The third-order valence-corrected chi connectivity index (χ3v) is 9.35. The van der Waals surface area contributed by atoms with Crippen LogP contribution in [-0.4, -0.2) is 5.78 Å². The van der Waals surface area contributed by atoms with Crippen LogP contribution in [0.15, 0.2) is 35.9 Å². The molecule has 0 saturated heterocycles. The van der Waals surface area contributed by atoms with Crippen LogP contribution in [0.1, 0.15) is 77.2 Å². The van der Waals surface area contributed by atoms with E-state index in [-0.39, 0.29) is 0 Å². The Kier molecular flexibility index (Phi) is 4.15. The molecule has 1 nitrogen and oxygen atoms in total. The van der Waals surface area contributed by atoms with Crippen molar-refractivity contribution >= 4 is 11.9 Å². The largest absolute Gasteiger partial charge is 0.295 e. The molecule has 0 unspecified atom stereocenters. The van der Waals surface area contributed by atoms with Crippen LogP contribution in [0.25, 0.3) is 6.08 Å². The summed E-state index contributed by atoms with van der Waals surface area (Å²) in [5.74, 6) is 3.73. The standard InChI is InChI=1S/C26H34O/c1-25-13-6-9-22(25)21-11-10-20-16-24(27)19(15-18-7-4-3-5-8-18)17-26(20,2)23(21)12-14-25/h3-5,7-8,15,20-23H,6,9-14,16-17H2,1-2H3/b19-15-/t20-,21-,22-,23-,25-,26-/m0/s1. The summed E-state index contributed by atoms with van der Waals surface area (Å²) in [6, 6.07) is 10.5. The second-order valence-corrected chi connectivity index (χ2v) is 10.6. The normalized spacial score (nSPS) is 45.3. The number of Topliss-reactive ketones (excluding diaryl/α,β-unsaturated/α-hetero) is 1. The van der Waals surface area contributed by atoms with E-state index in [1.54, 1.807) is 0 Å². The maximum Gasteiger partial charge on any atom is 0.159 e. The first-order chi connectivity index (χ1) is 13.0. The van der Waals surface area contributed by atoms with Gasteiger partial charge in [-0.25, -0.2) is 0 Å². The molecular formula is C26H34O. The molecule has 0 heterocycles. The zero-order valence-corrected chi connectivity index (χ0v) is 17.0. The van der Waals surface area contributed by atoms with E-state index >= 15 is 0 Å². The Hall–Kier alpha value is -1.37. The second kappa shape index (κ2) is 6.33. The van der Waals surface area contributed by atoms with Gasteiger partial charge in [0, 0.05) is 6.42 Å². The Morgan fingerprint density at radius 1 is 0.963 bits per heavy atom. The van der Waals surface area contributed by atoms with E-state index in [1.165, 1.54) is 50.5 Å². The first-order valence-electron chi connectivity index (χ1n) is 11.3. The number of carbonyl (C=O) groups excluding carboxylic acids is 1. The summed E-state index contributed by atoms with van der Waals surface area (Å²) in [6.45, 7) is 5.14. The van der Waals surface area contributed by atoms with Crippen molar-refractivity contribution in [1.29, 1.82) is 0 Å².